The molecule has 5 heteroatoms. The van der Waals surface area contributed by atoms with Crippen LogP contribution in [-0.2, 0) is 16.6 Å². The predicted octanol–water partition coefficient (Wildman–Crippen LogP) is 2.52. The molecule has 1 saturated heterocycles. The van der Waals surface area contributed by atoms with Gasteiger partial charge in [0.25, 0.3) is 0 Å². The topological polar surface area (TPSA) is 49.4 Å². The molecule has 0 bridgehead atoms. The fraction of sp³-hybridized carbons (Fsp3) is 0.625. The van der Waals surface area contributed by atoms with Crippen LogP contribution in [0.25, 0.3) is 0 Å². The molecular weight excluding hydrogens is 284 g/mol. The van der Waals surface area contributed by atoms with Crippen LogP contribution in [0.3, 0.4) is 0 Å². The van der Waals surface area contributed by atoms with Crippen LogP contribution in [0.2, 0.25) is 0 Å². The van der Waals surface area contributed by atoms with E-state index in [2.05, 4.69) is 12.2 Å². The zero-order valence-corrected chi connectivity index (χ0v) is 14.2. The maximum Gasteiger partial charge on any atom is 0.243 e. The number of nitrogens with zero attached hydrogens (tertiary/aromatic N) is 1. The summed E-state index contributed by atoms with van der Waals surface area (Å²) in [5.74, 6) is 0.411. The first-order chi connectivity index (χ1) is 9.87. The number of hydrogen-bond acceptors (Lipinski definition) is 3. The SMILES string of the molecule is CNCc1ccc(C)c(S(=O)(=O)N2CCCC(C)C2C)c1. The smallest absolute Gasteiger partial charge is 0.243 e. The highest BCUT2D eigenvalue weighted by molar-refractivity contribution is 7.89. The fourth-order valence-electron chi connectivity index (χ4n) is 3.00. The standard InChI is InChI=1S/C16H26N2O2S/c1-12-6-5-9-18(14(12)3)21(19,20)16-10-15(11-17-4)8-7-13(16)2/h7-8,10,12,14,17H,5-6,9,11H2,1-4H3. The van der Waals surface area contributed by atoms with E-state index < -0.39 is 10.0 Å². The van der Waals surface area contributed by atoms with Gasteiger partial charge in [0.1, 0.15) is 0 Å². The fourth-order valence-corrected chi connectivity index (χ4v) is 5.04. The molecule has 118 valence electrons. The number of piperidine rings is 1. The van der Waals surface area contributed by atoms with E-state index in [4.69, 9.17) is 0 Å². The Morgan fingerprint density at radius 2 is 2.05 bits per heavy atom. The average molecular weight is 310 g/mol. The Bertz CT molecular complexity index is 598. The summed E-state index contributed by atoms with van der Waals surface area (Å²) in [5, 5.41) is 3.07. The van der Waals surface area contributed by atoms with Crippen LogP contribution in [0.4, 0.5) is 0 Å². The number of nitrogens with one attached hydrogen (secondary N) is 1. The highest BCUT2D eigenvalue weighted by Crippen LogP contribution is 2.30. The van der Waals surface area contributed by atoms with Crippen molar-refractivity contribution in [2.75, 3.05) is 13.6 Å². The first-order valence-electron chi connectivity index (χ1n) is 7.64. The lowest BCUT2D eigenvalue weighted by Gasteiger charge is -2.37. The van der Waals surface area contributed by atoms with Gasteiger partial charge in [-0.15, -0.1) is 0 Å². The molecule has 0 spiro atoms. The Morgan fingerprint density at radius 1 is 1.33 bits per heavy atom. The van der Waals surface area contributed by atoms with Crippen LogP contribution < -0.4 is 5.32 Å². The summed E-state index contributed by atoms with van der Waals surface area (Å²) in [4.78, 5) is 0.455. The monoisotopic (exact) mass is 310 g/mol. The van der Waals surface area contributed by atoms with Gasteiger partial charge in [0.15, 0.2) is 0 Å². The lowest BCUT2D eigenvalue weighted by atomic mass is 9.94. The molecule has 0 aromatic heterocycles. The Labute approximate surface area is 128 Å². The van der Waals surface area contributed by atoms with Gasteiger partial charge < -0.3 is 5.32 Å². The third kappa shape index (κ3) is 3.30. The normalized spacial score (nSPS) is 24.2. The Kier molecular flexibility index (Phi) is 5.07. The molecule has 4 nitrogen and oxygen atoms in total. The molecule has 2 rings (SSSR count). The van der Waals surface area contributed by atoms with Gasteiger partial charge in [0.05, 0.1) is 4.90 Å². The molecule has 21 heavy (non-hydrogen) atoms. The highest BCUT2D eigenvalue weighted by atomic mass is 32.2. The van der Waals surface area contributed by atoms with Crippen LogP contribution in [0.1, 0.15) is 37.8 Å². The van der Waals surface area contributed by atoms with Crippen LogP contribution in [0.15, 0.2) is 23.1 Å². The van der Waals surface area contributed by atoms with Crippen molar-refractivity contribution < 1.29 is 8.42 Å². The van der Waals surface area contributed by atoms with Crippen molar-refractivity contribution in [3.63, 3.8) is 0 Å². The molecule has 1 aromatic rings. The average Bonchev–Trinajstić information content (AvgIpc) is 2.44. The predicted molar refractivity (Wildman–Crippen MR) is 85.7 cm³/mol. The molecular formula is C16H26N2O2S. The lowest BCUT2D eigenvalue weighted by molar-refractivity contribution is 0.202. The van der Waals surface area contributed by atoms with E-state index >= 15 is 0 Å². The molecule has 0 aliphatic carbocycles. The van der Waals surface area contributed by atoms with E-state index in [9.17, 15) is 8.42 Å². The number of aryl methyl sites for hydroxylation is 1. The molecule has 0 amide bonds. The maximum absolute atomic E-state index is 13.0. The van der Waals surface area contributed by atoms with E-state index in [-0.39, 0.29) is 6.04 Å². The molecule has 2 atom stereocenters. The number of benzene rings is 1. The van der Waals surface area contributed by atoms with E-state index in [1.54, 1.807) is 4.31 Å². The third-order valence-electron chi connectivity index (χ3n) is 4.54. The number of sulfonamides is 1. The van der Waals surface area contributed by atoms with Gasteiger partial charge in [-0.3, -0.25) is 0 Å². The molecule has 0 saturated carbocycles. The molecule has 1 fully saturated rings. The van der Waals surface area contributed by atoms with Crippen molar-refractivity contribution in [1.29, 1.82) is 0 Å². The first kappa shape index (κ1) is 16.5. The Balaban J connectivity index is 2.41. The zero-order chi connectivity index (χ0) is 15.6. The zero-order valence-electron chi connectivity index (χ0n) is 13.4. The van der Waals surface area contributed by atoms with Crippen molar-refractivity contribution in [2.45, 2.75) is 51.1 Å². The third-order valence-corrected chi connectivity index (χ3v) is 6.66. The van der Waals surface area contributed by atoms with Crippen molar-refractivity contribution in [3.05, 3.63) is 29.3 Å². The number of rotatable bonds is 4. The summed E-state index contributed by atoms with van der Waals surface area (Å²) in [6.45, 7) is 7.33. The quantitative estimate of drug-likeness (QED) is 0.929. The second kappa shape index (κ2) is 6.46. The van der Waals surface area contributed by atoms with Gasteiger partial charge in [-0.1, -0.05) is 19.1 Å². The van der Waals surface area contributed by atoms with Crippen molar-refractivity contribution in [2.24, 2.45) is 5.92 Å². The maximum atomic E-state index is 13.0. The summed E-state index contributed by atoms with van der Waals surface area (Å²) in [6, 6.07) is 5.76. The second-order valence-corrected chi connectivity index (χ2v) is 7.97. The van der Waals surface area contributed by atoms with Gasteiger partial charge in [-0.25, -0.2) is 8.42 Å². The van der Waals surface area contributed by atoms with Gasteiger partial charge in [-0.05, 0) is 56.8 Å². The highest BCUT2D eigenvalue weighted by Gasteiger charge is 2.35. The molecule has 0 radical (unpaired) electrons. The summed E-state index contributed by atoms with van der Waals surface area (Å²) >= 11 is 0. The molecule has 2 unspecified atom stereocenters. The summed E-state index contributed by atoms with van der Waals surface area (Å²) in [5.41, 5.74) is 1.82. The van der Waals surface area contributed by atoms with Gasteiger partial charge in [0, 0.05) is 19.1 Å². The minimum absolute atomic E-state index is 0.0658. The first-order valence-corrected chi connectivity index (χ1v) is 9.08. The molecule has 1 aliphatic rings. The summed E-state index contributed by atoms with van der Waals surface area (Å²) < 4.78 is 27.7. The van der Waals surface area contributed by atoms with E-state index in [1.165, 1.54) is 0 Å². The van der Waals surface area contributed by atoms with Crippen LogP contribution in [0.5, 0.6) is 0 Å². The van der Waals surface area contributed by atoms with E-state index in [0.29, 0.717) is 23.9 Å². The van der Waals surface area contributed by atoms with Crippen molar-refractivity contribution >= 4 is 10.0 Å². The van der Waals surface area contributed by atoms with Crippen LogP contribution in [-0.4, -0.2) is 32.4 Å². The van der Waals surface area contributed by atoms with E-state index in [0.717, 1.165) is 24.0 Å². The Morgan fingerprint density at radius 3 is 2.71 bits per heavy atom. The number of hydrogen-bond donors (Lipinski definition) is 1. The second-order valence-electron chi connectivity index (χ2n) is 6.11. The molecule has 1 aliphatic heterocycles. The van der Waals surface area contributed by atoms with Crippen molar-refractivity contribution in [1.82, 2.24) is 9.62 Å². The van der Waals surface area contributed by atoms with Crippen molar-refractivity contribution in [3.8, 4) is 0 Å². The minimum Gasteiger partial charge on any atom is -0.316 e. The molecule has 1 heterocycles. The minimum atomic E-state index is -3.41. The van der Waals surface area contributed by atoms with Crippen LogP contribution >= 0.6 is 0 Å². The van der Waals surface area contributed by atoms with Crippen LogP contribution in [0, 0.1) is 12.8 Å². The molecule has 1 aromatic carbocycles. The van der Waals surface area contributed by atoms with E-state index in [1.807, 2.05) is 39.1 Å². The summed E-state index contributed by atoms with van der Waals surface area (Å²) in [7, 11) is -1.55. The van der Waals surface area contributed by atoms with Gasteiger partial charge in [0.2, 0.25) is 10.0 Å². The summed E-state index contributed by atoms with van der Waals surface area (Å²) in [6.07, 6.45) is 2.05. The van der Waals surface area contributed by atoms with Gasteiger partial charge in [-0.2, -0.15) is 4.31 Å². The lowest BCUT2D eigenvalue weighted by Crippen LogP contribution is -2.46. The Hall–Kier alpha value is -0.910. The largest absolute Gasteiger partial charge is 0.316 e. The van der Waals surface area contributed by atoms with Gasteiger partial charge >= 0.3 is 0 Å². The molecule has 1 N–H and O–H groups in total.